The lowest BCUT2D eigenvalue weighted by molar-refractivity contribution is -0.123. The van der Waals surface area contributed by atoms with Gasteiger partial charge in [0.25, 0.3) is 0 Å². The van der Waals surface area contributed by atoms with E-state index in [1.807, 2.05) is 0 Å². The maximum atomic E-state index is 12.9. The average molecular weight is 480 g/mol. The largest absolute Gasteiger partial charge is 0.524 e. The Kier molecular flexibility index (Phi) is 5.87. The highest BCUT2D eigenvalue weighted by Gasteiger charge is 2.35. The van der Waals surface area contributed by atoms with Crippen LogP contribution in [-0.2, 0) is 9.36 Å². The molecular formula is C21H19ClNO8P. The Bertz CT molecular complexity index is 1330. The molecule has 168 valence electrons. The standard InChI is InChI=1S/C21H19ClNO8P/c1-23-7-6-12(16(26)10-23)19-18(31-32(27,28)29)9-15(25)20-14(24)8-17(30-21(19)20)11-4-2-3-5-13(11)22/h2-5,8-9,12,25H,6-7,10H2,1H3,(H2,27,28,29)/t12-/m0/s1. The molecule has 0 bridgehead atoms. The molecule has 0 aliphatic carbocycles. The summed E-state index contributed by atoms with van der Waals surface area (Å²) in [5, 5.41) is 10.5. The summed E-state index contributed by atoms with van der Waals surface area (Å²) in [4.78, 5) is 46.4. The van der Waals surface area contributed by atoms with Gasteiger partial charge in [-0.3, -0.25) is 24.3 Å². The zero-order valence-corrected chi connectivity index (χ0v) is 18.5. The number of hydrogen-bond donors (Lipinski definition) is 3. The molecule has 1 fully saturated rings. The Balaban J connectivity index is 2.06. The summed E-state index contributed by atoms with van der Waals surface area (Å²) >= 11 is 6.24. The lowest BCUT2D eigenvalue weighted by Crippen LogP contribution is -2.37. The van der Waals surface area contributed by atoms with E-state index in [1.54, 1.807) is 36.2 Å². The predicted molar refractivity (Wildman–Crippen MR) is 117 cm³/mol. The van der Waals surface area contributed by atoms with Crippen LogP contribution >= 0.6 is 19.4 Å². The number of nitrogens with zero attached hydrogens (tertiary/aromatic N) is 1. The summed E-state index contributed by atoms with van der Waals surface area (Å²) in [5.74, 6) is -2.05. The fourth-order valence-electron chi connectivity index (χ4n) is 3.91. The first-order valence-electron chi connectivity index (χ1n) is 9.60. The maximum Gasteiger partial charge on any atom is 0.524 e. The molecule has 2 aromatic carbocycles. The zero-order chi connectivity index (χ0) is 23.2. The van der Waals surface area contributed by atoms with Gasteiger partial charge in [-0.2, -0.15) is 0 Å². The Labute approximate surface area is 187 Å². The van der Waals surface area contributed by atoms with E-state index in [4.69, 9.17) is 20.5 Å². The number of rotatable bonds is 4. The number of Topliss-reactive ketones (excluding diaryl/α,β-unsaturated/α-hetero) is 1. The zero-order valence-electron chi connectivity index (χ0n) is 16.8. The van der Waals surface area contributed by atoms with Crippen molar-refractivity contribution in [1.29, 1.82) is 0 Å². The minimum absolute atomic E-state index is 0.00484. The van der Waals surface area contributed by atoms with Gasteiger partial charge in [-0.25, -0.2) is 4.57 Å². The number of piperidine rings is 1. The normalized spacial score (nSPS) is 17.6. The summed E-state index contributed by atoms with van der Waals surface area (Å²) in [7, 11) is -3.29. The number of ketones is 1. The summed E-state index contributed by atoms with van der Waals surface area (Å²) in [6, 6.07) is 8.71. The van der Waals surface area contributed by atoms with Gasteiger partial charge in [0.15, 0.2) is 11.2 Å². The number of benzene rings is 2. The number of carbonyl (C=O) groups is 1. The minimum Gasteiger partial charge on any atom is -0.507 e. The van der Waals surface area contributed by atoms with Gasteiger partial charge < -0.3 is 14.0 Å². The smallest absolute Gasteiger partial charge is 0.507 e. The Morgan fingerprint density at radius 3 is 2.59 bits per heavy atom. The van der Waals surface area contributed by atoms with E-state index in [9.17, 15) is 29.0 Å². The molecule has 4 rings (SSSR count). The topological polar surface area (TPSA) is 138 Å². The van der Waals surface area contributed by atoms with Gasteiger partial charge in [0.2, 0.25) is 0 Å². The monoisotopic (exact) mass is 479 g/mol. The highest BCUT2D eigenvalue weighted by atomic mass is 35.5. The van der Waals surface area contributed by atoms with Crippen LogP contribution in [0.3, 0.4) is 0 Å². The van der Waals surface area contributed by atoms with Gasteiger partial charge in [0.1, 0.15) is 28.2 Å². The first kappa shape index (κ1) is 22.5. The molecule has 0 spiro atoms. The van der Waals surface area contributed by atoms with Crippen molar-refractivity contribution in [3.8, 4) is 22.8 Å². The molecule has 0 radical (unpaired) electrons. The lowest BCUT2D eigenvalue weighted by Gasteiger charge is -2.29. The molecule has 9 nitrogen and oxygen atoms in total. The maximum absolute atomic E-state index is 12.9. The number of carbonyl (C=O) groups excluding carboxylic acids is 1. The van der Waals surface area contributed by atoms with Crippen LogP contribution in [0.5, 0.6) is 11.5 Å². The second-order valence-corrected chi connectivity index (χ2v) is 9.16. The third-order valence-corrected chi connectivity index (χ3v) is 6.06. The SMILES string of the molecule is CN1CC[C@H](c2c(OP(=O)(O)O)cc(O)c3c(=O)cc(-c4ccccc4Cl)oc23)C(=O)C1. The van der Waals surface area contributed by atoms with Crippen LogP contribution < -0.4 is 9.95 Å². The Morgan fingerprint density at radius 1 is 1.22 bits per heavy atom. The first-order valence-corrected chi connectivity index (χ1v) is 11.5. The highest BCUT2D eigenvalue weighted by molar-refractivity contribution is 7.46. The molecule has 1 atom stereocenters. The number of fused-ring (bicyclic) bond motifs is 1. The van der Waals surface area contributed by atoms with Crippen molar-refractivity contribution < 1.29 is 33.2 Å². The number of halogens is 1. The van der Waals surface area contributed by atoms with E-state index in [0.29, 0.717) is 23.6 Å². The second-order valence-electron chi connectivity index (χ2n) is 7.59. The van der Waals surface area contributed by atoms with Crippen LogP contribution in [0.25, 0.3) is 22.3 Å². The van der Waals surface area contributed by atoms with Crippen molar-refractivity contribution in [3.05, 3.63) is 57.2 Å². The van der Waals surface area contributed by atoms with Crippen LogP contribution in [0.15, 0.2) is 45.6 Å². The number of likely N-dealkylation sites (tertiary alicyclic amines) is 1. The Morgan fingerprint density at radius 2 is 1.94 bits per heavy atom. The van der Waals surface area contributed by atoms with Gasteiger partial charge in [-0.1, -0.05) is 23.7 Å². The predicted octanol–water partition coefficient (Wildman–Crippen LogP) is 3.28. The third-order valence-electron chi connectivity index (χ3n) is 5.30. The van der Waals surface area contributed by atoms with Crippen molar-refractivity contribution in [2.45, 2.75) is 12.3 Å². The average Bonchev–Trinajstić information content (AvgIpc) is 2.68. The molecule has 1 aliphatic rings. The quantitative estimate of drug-likeness (QED) is 0.481. The fraction of sp³-hybridized carbons (Fsp3) is 0.238. The van der Waals surface area contributed by atoms with Crippen LogP contribution in [0.2, 0.25) is 5.02 Å². The van der Waals surface area contributed by atoms with Crippen molar-refractivity contribution in [2.24, 2.45) is 0 Å². The number of phosphoric acid groups is 1. The molecule has 1 saturated heterocycles. The van der Waals surface area contributed by atoms with Gasteiger partial charge in [0, 0.05) is 23.3 Å². The second kappa shape index (κ2) is 8.35. The molecule has 3 N–H and O–H groups in total. The summed E-state index contributed by atoms with van der Waals surface area (Å²) in [6.07, 6.45) is 0.298. The van der Waals surface area contributed by atoms with Gasteiger partial charge in [-0.15, -0.1) is 0 Å². The molecule has 0 saturated carbocycles. The molecule has 3 aromatic rings. The molecular weight excluding hydrogens is 461 g/mol. The number of hydrogen-bond acceptors (Lipinski definition) is 7. The molecule has 32 heavy (non-hydrogen) atoms. The molecule has 1 aliphatic heterocycles. The molecule has 1 aromatic heterocycles. The van der Waals surface area contributed by atoms with E-state index < -0.39 is 30.7 Å². The number of phosphoric ester groups is 1. The van der Waals surface area contributed by atoms with E-state index in [-0.39, 0.29) is 34.6 Å². The van der Waals surface area contributed by atoms with Gasteiger partial charge >= 0.3 is 7.82 Å². The third kappa shape index (κ3) is 4.30. The number of aromatic hydroxyl groups is 1. The number of phenolic OH excluding ortho intramolecular Hbond substituents is 1. The number of phenols is 1. The first-order chi connectivity index (χ1) is 15.0. The minimum atomic E-state index is -5.06. The Hall–Kier alpha value is -2.68. The van der Waals surface area contributed by atoms with E-state index in [2.05, 4.69) is 0 Å². The molecule has 11 heteroatoms. The van der Waals surface area contributed by atoms with Crippen LogP contribution in [0.1, 0.15) is 17.9 Å². The summed E-state index contributed by atoms with van der Waals surface area (Å²) in [6.45, 7) is 0.611. The molecule has 2 heterocycles. The van der Waals surface area contributed by atoms with Crippen LogP contribution in [-0.4, -0.2) is 45.7 Å². The lowest BCUT2D eigenvalue weighted by atomic mass is 9.86. The van der Waals surface area contributed by atoms with E-state index in [0.717, 1.165) is 12.1 Å². The van der Waals surface area contributed by atoms with Gasteiger partial charge in [-0.05, 0) is 32.1 Å². The van der Waals surface area contributed by atoms with Crippen molar-refractivity contribution >= 4 is 36.2 Å². The summed E-state index contributed by atoms with van der Waals surface area (Å²) < 4.78 is 22.4. The van der Waals surface area contributed by atoms with Crippen molar-refractivity contribution in [2.75, 3.05) is 20.1 Å². The highest BCUT2D eigenvalue weighted by Crippen LogP contribution is 2.47. The van der Waals surface area contributed by atoms with Crippen molar-refractivity contribution in [3.63, 3.8) is 0 Å². The molecule has 0 amide bonds. The van der Waals surface area contributed by atoms with Crippen molar-refractivity contribution in [1.82, 2.24) is 4.90 Å². The number of likely N-dealkylation sites (N-methyl/N-ethyl adjacent to an activating group) is 1. The van der Waals surface area contributed by atoms with E-state index in [1.165, 1.54) is 0 Å². The fourth-order valence-corrected chi connectivity index (χ4v) is 4.55. The van der Waals surface area contributed by atoms with E-state index >= 15 is 0 Å². The van der Waals surface area contributed by atoms with Gasteiger partial charge in [0.05, 0.1) is 17.5 Å². The van der Waals surface area contributed by atoms with Crippen LogP contribution in [0.4, 0.5) is 0 Å². The van der Waals surface area contributed by atoms with Crippen LogP contribution in [0, 0.1) is 0 Å². The summed E-state index contributed by atoms with van der Waals surface area (Å²) in [5.41, 5.74) is -0.387. The molecule has 0 unspecified atom stereocenters.